The molecular formula is C9H7F2N3O. The molecule has 0 saturated carbocycles. The third-order valence-corrected chi connectivity index (χ3v) is 1.95. The van der Waals surface area contributed by atoms with E-state index in [0.717, 1.165) is 18.5 Å². The summed E-state index contributed by atoms with van der Waals surface area (Å²) in [6, 6.07) is 2.28. The van der Waals surface area contributed by atoms with Gasteiger partial charge in [0.2, 0.25) is 6.39 Å². The number of hydrogen-bond donors (Lipinski definition) is 1. The van der Waals surface area contributed by atoms with Crippen molar-refractivity contribution in [3.05, 3.63) is 47.6 Å². The minimum atomic E-state index is -0.857. The Kier molecular flexibility index (Phi) is 2.42. The van der Waals surface area contributed by atoms with Crippen molar-refractivity contribution in [3.63, 3.8) is 0 Å². The lowest BCUT2D eigenvalue weighted by Gasteiger charge is -2.08. The zero-order valence-corrected chi connectivity index (χ0v) is 7.52. The van der Waals surface area contributed by atoms with Gasteiger partial charge < -0.3 is 10.3 Å². The molecule has 78 valence electrons. The minimum Gasteiger partial charge on any atom is -0.343 e. The quantitative estimate of drug-likeness (QED) is 0.815. The van der Waals surface area contributed by atoms with E-state index in [1.54, 1.807) is 0 Å². The molecule has 0 saturated heterocycles. The Bertz CT molecular complexity index is 458. The van der Waals surface area contributed by atoms with E-state index in [0.29, 0.717) is 0 Å². The minimum absolute atomic E-state index is 0.123. The standard InChI is InChI=1S/C9H7F2N3O/c10-5-1-2-6(7(11)3-5)8(12)9-13-4-15-14-9/h1-4,8H,12H2. The van der Waals surface area contributed by atoms with E-state index in [2.05, 4.69) is 14.7 Å². The summed E-state index contributed by atoms with van der Waals surface area (Å²) >= 11 is 0. The fourth-order valence-corrected chi connectivity index (χ4v) is 1.21. The zero-order chi connectivity index (χ0) is 10.8. The van der Waals surface area contributed by atoms with Crippen LogP contribution in [0.4, 0.5) is 8.78 Å². The summed E-state index contributed by atoms with van der Waals surface area (Å²) in [5, 5.41) is 3.48. The topological polar surface area (TPSA) is 64.9 Å². The second-order valence-corrected chi connectivity index (χ2v) is 2.93. The van der Waals surface area contributed by atoms with Crippen molar-refractivity contribution in [2.24, 2.45) is 5.73 Å². The van der Waals surface area contributed by atoms with Gasteiger partial charge >= 0.3 is 0 Å². The van der Waals surface area contributed by atoms with E-state index in [-0.39, 0.29) is 11.4 Å². The largest absolute Gasteiger partial charge is 0.343 e. The van der Waals surface area contributed by atoms with Crippen molar-refractivity contribution < 1.29 is 13.3 Å². The maximum absolute atomic E-state index is 13.3. The monoisotopic (exact) mass is 211 g/mol. The number of aromatic nitrogens is 2. The number of nitrogens with two attached hydrogens (primary N) is 1. The van der Waals surface area contributed by atoms with Crippen LogP contribution in [0.5, 0.6) is 0 Å². The van der Waals surface area contributed by atoms with Crippen molar-refractivity contribution in [2.75, 3.05) is 0 Å². The molecule has 0 fully saturated rings. The smallest absolute Gasteiger partial charge is 0.213 e. The summed E-state index contributed by atoms with van der Waals surface area (Å²) in [4.78, 5) is 3.69. The van der Waals surface area contributed by atoms with Gasteiger partial charge in [0.25, 0.3) is 0 Å². The number of halogens is 2. The molecule has 0 aliphatic rings. The molecule has 1 aromatic carbocycles. The van der Waals surface area contributed by atoms with Gasteiger partial charge in [0, 0.05) is 11.6 Å². The summed E-state index contributed by atoms with van der Waals surface area (Å²) in [5.74, 6) is -1.23. The number of nitrogens with zero attached hydrogens (tertiary/aromatic N) is 2. The van der Waals surface area contributed by atoms with Gasteiger partial charge in [-0.05, 0) is 6.07 Å². The lowest BCUT2D eigenvalue weighted by Crippen LogP contribution is -2.15. The van der Waals surface area contributed by atoms with Gasteiger partial charge in [-0.25, -0.2) is 8.78 Å². The van der Waals surface area contributed by atoms with Gasteiger partial charge in [0.1, 0.15) is 11.6 Å². The Labute approximate surface area is 83.7 Å². The van der Waals surface area contributed by atoms with Crippen LogP contribution in [0.25, 0.3) is 0 Å². The van der Waals surface area contributed by atoms with Gasteiger partial charge in [-0.3, -0.25) is 0 Å². The van der Waals surface area contributed by atoms with Crippen LogP contribution in [-0.2, 0) is 0 Å². The highest BCUT2D eigenvalue weighted by atomic mass is 19.1. The summed E-state index contributed by atoms with van der Waals surface area (Å²) < 4.78 is 30.4. The Morgan fingerprint density at radius 1 is 1.33 bits per heavy atom. The van der Waals surface area contributed by atoms with Crippen LogP contribution in [-0.4, -0.2) is 10.1 Å². The van der Waals surface area contributed by atoms with Crippen LogP contribution in [0.1, 0.15) is 17.4 Å². The average molecular weight is 211 g/mol. The molecule has 15 heavy (non-hydrogen) atoms. The van der Waals surface area contributed by atoms with Gasteiger partial charge in [-0.15, -0.1) is 0 Å². The molecule has 1 aromatic heterocycles. The van der Waals surface area contributed by atoms with Gasteiger partial charge in [0.05, 0.1) is 6.04 Å². The molecule has 0 radical (unpaired) electrons. The van der Waals surface area contributed by atoms with Crippen LogP contribution < -0.4 is 5.73 Å². The molecule has 6 heteroatoms. The van der Waals surface area contributed by atoms with E-state index >= 15 is 0 Å². The highest BCUT2D eigenvalue weighted by molar-refractivity contribution is 5.25. The second kappa shape index (κ2) is 3.74. The Balaban J connectivity index is 2.38. The highest BCUT2D eigenvalue weighted by Crippen LogP contribution is 2.19. The molecule has 1 heterocycles. The van der Waals surface area contributed by atoms with Crippen molar-refractivity contribution in [3.8, 4) is 0 Å². The number of benzene rings is 1. The first-order valence-electron chi connectivity index (χ1n) is 4.15. The van der Waals surface area contributed by atoms with Crippen LogP contribution in [0.2, 0.25) is 0 Å². The summed E-state index contributed by atoms with van der Waals surface area (Å²) in [6.07, 6.45) is 1.09. The predicted molar refractivity (Wildman–Crippen MR) is 46.7 cm³/mol. The molecule has 1 atom stereocenters. The number of hydrogen-bond acceptors (Lipinski definition) is 4. The fraction of sp³-hybridized carbons (Fsp3) is 0.111. The maximum atomic E-state index is 13.3. The van der Waals surface area contributed by atoms with Crippen molar-refractivity contribution in [2.45, 2.75) is 6.04 Å². The van der Waals surface area contributed by atoms with Crippen LogP contribution in [0.15, 0.2) is 29.1 Å². The first kappa shape index (κ1) is 9.72. The Morgan fingerprint density at radius 2 is 2.13 bits per heavy atom. The predicted octanol–water partition coefficient (Wildman–Crippen LogP) is 1.40. The van der Waals surface area contributed by atoms with Crippen molar-refractivity contribution in [1.29, 1.82) is 0 Å². The van der Waals surface area contributed by atoms with Gasteiger partial charge in [-0.1, -0.05) is 11.2 Å². The first-order valence-corrected chi connectivity index (χ1v) is 4.15. The maximum Gasteiger partial charge on any atom is 0.213 e. The molecule has 0 bridgehead atoms. The van der Waals surface area contributed by atoms with E-state index in [1.165, 1.54) is 6.07 Å². The SMILES string of the molecule is NC(c1ncon1)c1ccc(F)cc1F. The zero-order valence-electron chi connectivity index (χ0n) is 7.52. The molecule has 0 amide bonds. The third kappa shape index (κ3) is 1.84. The highest BCUT2D eigenvalue weighted by Gasteiger charge is 2.17. The Hall–Kier alpha value is -1.82. The fourth-order valence-electron chi connectivity index (χ4n) is 1.21. The summed E-state index contributed by atoms with van der Waals surface area (Å²) in [5.41, 5.74) is 5.79. The van der Waals surface area contributed by atoms with Crippen molar-refractivity contribution in [1.82, 2.24) is 10.1 Å². The molecular weight excluding hydrogens is 204 g/mol. The normalized spacial score (nSPS) is 12.7. The van der Waals surface area contributed by atoms with E-state index in [9.17, 15) is 8.78 Å². The van der Waals surface area contributed by atoms with Crippen LogP contribution in [0, 0.1) is 11.6 Å². The summed E-state index contributed by atoms with van der Waals surface area (Å²) in [7, 11) is 0. The first-order chi connectivity index (χ1) is 7.18. The summed E-state index contributed by atoms with van der Waals surface area (Å²) in [6.45, 7) is 0. The number of rotatable bonds is 2. The second-order valence-electron chi connectivity index (χ2n) is 2.93. The Morgan fingerprint density at radius 3 is 2.73 bits per heavy atom. The molecule has 0 aliphatic heterocycles. The lowest BCUT2D eigenvalue weighted by molar-refractivity contribution is 0.406. The molecule has 1 unspecified atom stereocenters. The van der Waals surface area contributed by atoms with Crippen LogP contribution in [0.3, 0.4) is 0 Å². The van der Waals surface area contributed by atoms with E-state index in [1.807, 2.05) is 0 Å². The molecule has 2 aromatic rings. The van der Waals surface area contributed by atoms with Crippen molar-refractivity contribution >= 4 is 0 Å². The van der Waals surface area contributed by atoms with Gasteiger partial charge in [0.15, 0.2) is 5.82 Å². The van der Waals surface area contributed by atoms with Crippen LogP contribution >= 0.6 is 0 Å². The molecule has 0 aliphatic carbocycles. The lowest BCUT2D eigenvalue weighted by atomic mass is 10.1. The van der Waals surface area contributed by atoms with E-state index in [4.69, 9.17) is 5.73 Å². The molecule has 2 N–H and O–H groups in total. The average Bonchev–Trinajstić information content (AvgIpc) is 2.69. The molecule has 2 rings (SSSR count). The van der Waals surface area contributed by atoms with E-state index < -0.39 is 17.7 Å². The van der Waals surface area contributed by atoms with Gasteiger partial charge in [-0.2, -0.15) is 4.98 Å². The molecule has 4 nitrogen and oxygen atoms in total. The third-order valence-electron chi connectivity index (χ3n) is 1.95. The molecule has 0 spiro atoms.